The molecule has 12 heteroatoms. The molecule has 1 fully saturated rings. The number of thioether (sulfide) groups is 1. The van der Waals surface area contributed by atoms with Gasteiger partial charge in [0.1, 0.15) is 0 Å². The van der Waals surface area contributed by atoms with E-state index in [9.17, 15) is 27.6 Å². The lowest BCUT2D eigenvalue weighted by molar-refractivity contribution is -0.143. The maximum Gasteiger partial charge on any atom is 0.416 e. The fourth-order valence-electron chi connectivity index (χ4n) is 4.62. The van der Waals surface area contributed by atoms with Gasteiger partial charge in [-0.25, -0.2) is 9.79 Å². The Morgan fingerprint density at radius 2 is 1.68 bits per heavy atom. The molecule has 38 heavy (non-hydrogen) atoms. The normalized spacial score (nSPS) is 19.9. The molecule has 0 N–H and O–H groups in total. The van der Waals surface area contributed by atoms with Gasteiger partial charge < -0.3 is 19.4 Å². The van der Waals surface area contributed by atoms with Crippen LogP contribution in [0.15, 0.2) is 51.6 Å². The number of carbonyl (C=O) groups is 3. The van der Waals surface area contributed by atoms with Crippen molar-refractivity contribution < 1.29 is 32.3 Å². The van der Waals surface area contributed by atoms with Crippen LogP contribution in [0.25, 0.3) is 0 Å². The van der Waals surface area contributed by atoms with Crippen LogP contribution in [0.4, 0.5) is 13.2 Å². The van der Waals surface area contributed by atoms with Gasteiger partial charge in [-0.15, -0.1) is 0 Å². The molecule has 4 rings (SSSR count). The van der Waals surface area contributed by atoms with Crippen LogP contribution in [0.3, 0.4) is 0 Å². The number of hydrogen-bond donors (Lipinski definition) is 0. The van der Waals surface area contributed by atoms with Gasteiger partial charge in [0.2, 0.25) is 11.8 Å². The second-order valence-corrected chi connectivity index (χ2v) is 10.4. The maximum absolute atomic E-state index is 13.2. The fourth-order valence-corrected chi connectivity index (χ4v) is 5.58. The SMILES string of the molecule is CC(=O)N1CCN(C(=O)CC2=CSC3=NC(C)=C(C(=O)OC(C)C)[C@H](c4ccc(C(F)(F)F)cc4)N23)CC1. The zero-order valence-electron chi connectivity index (χ0n) is 21.5. The summed E-state index contributed by atoms with van der Waals surface area (Å²) in [6, 6.07) is 3.83. The number of carbonyl (C=O) groups excluding carboxylic acids is 3. The quantitative estimate of drug-likeness (QED) is 0.509. The number of allylic oxidation sites excluding steroid dienone is 1. The summed E-state index contributed by atoms with van der Waals surface area (Å²) in [5.74, 6) is -0.804. The predicted octanol–water partition coefficient (Wildman–Crippen LogP) is 4.31. The molecule has 1 saturated heterocycles. The van der Waals surface area contributed by atoms with Gasteiger partial charge in [-0.2, -0.15) is 13.2 Å². The Labute approximate surface area is 223 Å². The van der Waals surface area contributed by atoms with Crippen LogP contribution >= 0.6 is 11.8 Å². The maximum atomic E-state index is 13.2. The topological polar surface area (TPSA) is 82.5 Å². The Kier molecular flexibility index (Phi) is 7.91. The molecular formula is C26H29F3N4O4S. The van der Waals surface area contributed by atoms with Gasteiger partial charge in [0.15, 0.2) is 5.17 Å². The van der Waals surface area contributed by atoms with E-state index in [-0.39, 0.29) is 23.8 Å². The van der Waals surface area contributed by atoms with Crippen LogP contribution in [-0.4, -0.2) is 69.9 Å². The summed E-state index contributed by atoms with van der Waals surface area (Å²) >= 11 is 1.29. The largest absolute Gasteiger partial charge is 0.459 e. The first-order valence-electron chi connectivity index (χ1n) is 12.2. The number of piperazine rings is 1. The Bertz CT molecular complexity index is 1220. The van der Waals surface area contributed by atoms with Crippen molar-refractivity contribution in [3.63, 3.8) is 0 Å². The lowest BCUT2D eigenvalue weighted by Gasteiger charge is -2.38. The lowest BCUT2D eigenvalue weighted by Crippen LogP contribution is -2.50. The van der Waals surface area contributed by atoms with Gasteiger partial charge in [0.25, 0.3) is 0 Å². The number of fused-ring (bicyclic) bond motifs is 1. The molecule has 0 saturated carbocycles. The Morgan fingerprint density at radius 3 is 2.24 bits per heavy atom. The number of nitrogens with zero attached hydrogens (tertiary/aromatic N) is 4. The number of ether oxygens (including phenoxy) is 1. The smallest absolute Gasteiger partial charge is 0.416 e. The van der Waals surface area contributed by atoms with Gasteiger partial charge in [-0.05, 0) is 43.9 Å². The number of aliphatic imine (C=N–C) groups is 1. The molecule has 0 bridgehead atoms. The van der Waals surface area contributed by atoms with Gasteiger partial charge in [0.05, 0.1) is 35.4 Å². The Hall–Kier alpha value is -3.28. The number of amides is 2. The fraction of sp³-hybridized carbons (Fsp3) is 0.462. The van der Waals surface area contributed by atoms with E-state index in [1.165, 1.54) is 30.8 Å². The molecule has 0 unspecified atom stereocenters. The van der Waals surface area contributed by atoms with E-state index >= 15 is 0 Å². The molecule has 0 aliphatic carbocycles. The monoisotopic (exact) mass is 550 g/mol. The highest BCUT2D eigenvalue weighted by atomic mass is 32.2. The van der Waals surface area contributed by atoms with Gasteiger partial charge in [-0.3, -0.25) is 9.59 Å². The minimum atomic E-state index is -4.50. The van der Waals surface area contributed by atoms with E-state index in [4.69, 9.17) is 4.74 Å². The first-order valence-corrected chi connectivity index (χ1v) is 13.1. The molecule has 0 aromatic heterocycles. The lowest BCUT2D eigenvalue weighted by atomic mass is 9.93. The summed E-state index contributed by atoms with van der Waals surface area (Å²) in [6.45, 7) is 8.30. The van der Waals surface area contributed by atoms with Crippen molar-refractivity contribution in [2.24, 2.45) is 4.99 Å². The second-order valence-electron chi connectivity index (χ2n) is 9.53. The minimum absolute atomic E-state index is 0.00871. The number of hydrogen-bond acceptors (Lipinski definition) is 7. The van der Waals surface area contributed by atoms with Gasteiger partial charge in [0, 0.05) is 38.8 Å². The highest BCUT2D eigenvalue weighted by Gasteiger charge is 2.42. The van der Waals surface area contributed by atoms with Crippen molar-refractivity contribution in [2.75, 3.05) is 26.2 Å². The van der Waals surface area contributed by atoms with E-state index in [1.54, 1.807) is 40.9 Å². The van der Waals surface area contributed by atoms with Crippen LogP contribution in [0.2, 0.25) is 0 Å². The number of esters is 1. The summed E-state index contributed by atoms with van der Waals surface area (Å²) < 4.78 is 45.2. The molecule has 2 amide bonds. The number of halogens is 3. The molecule has 3 aliphatic heterocycles. The van der Waals surface area contributed by atoms with E-state index < -0.39 is 29.9 Å². The average Bonchev–Trinajstić information content (AvgIpc) is 3.24. The number of amidine groups is 1. The van der Waals surface area contributed by atoms with Crippen LogP contribution in [-0.2, 0) is 25.3 Å². The van der Waals surface area contributed by atoms with Crippen molar-refractivity contribution >= 4 is 34.7 Å². The molecule has 1 aromatic rings. The molecule has 1 atom stereocenters. The third-order valence-electron chi connectivity index (χ3n) is 6.53. The predicted molar refractivity (Wildman–Crippen MR) is 137 cm³/mol. The summed E-state index contributed by atoms with van der Waals surface area (Å²) in [7, 11) is 0. The van der Waals surface area contributed by atoms with Gasteiger partial charge >= 0.3 is 12.1 Å². The molecule has 0 spiro atoms. The van der Waals surface area contributed by atoms with Crippen molar-refractivity contribution in [3.8, 4) is 0 Å². The molecular weight excluding hydrogens is 521 g/mol. The van der Waals surface area contributed by atoms with Crippen LogP contribution in [0, 0.1) is 0 Å². The summed E-state index contributed by atoms with van der Waals surface area (Å²) in [4.78, 5) is 47.7. The zero-order chi connectivity index (χ0) is 27.8. The molecule has 0 radical (unpaired) electrons. The number of benzene rings is 1. The van der Waals surface area contributed by atoms with E-state index in [0.717, 1.165) is 12.1 Å². The van der Waals surface area contributed by atoms with Crippen molar-refractivity contribution in [1.82, 2.24) is 14.7 Å². The highest BCUT2D eigenvalue weighted by Crippen LogP contribution is 2.45. The van der Waals surface area contributed by atoms with E-state index in [0.29, 0.717) is 48.3 Å². The van der Waals surface area contributed by atoms with Crippen molar-refractivity contribution in [3.05, 3.63) is 57.8 Å². The van der Waals surface area contributed by atoms with Gasteiger partial charge in [-0.1, -0.05) is 23.9 Å². The molecule has 8 nitrogen and oxygen atoms in total. The molecule has 3 aliphatic rings. The Morgan fingerprint density at radius 1 is 1.08 bits per heavy atom. The first kappa shape index (κ1) is 27.7. The summed E-state index contributed by atoms with van der Waals surface area (Å²) in [5.41, 5.74) is 0.833. The first-order chi connectivity index (χ1) is 17.9. The number of rotatable bonds is 5. The third-order valence-corrected chi connectivity index (χ3v) is 7.42. The zero-order valence-corrected chi connectivity index (χ0v) is 22.4. The Balaban J connectivity index is 1.65. The molecule has 3 heterocycles. The molecule has 1 aromatic carbocycles. The average molecular weight is 551 g/mol. The van der Waals surface area contributed by atoms with Crippen LogP contribution in [0.1, 0.15) is 51.3 Å². The van der Waals surface area contributed by atoms with Crippen molar-refractivity contribution in [1.29, 1.82) is 0 Å². The minimum Gasteiger partial charge on any atom is -0.459 e. The summed E-state index contributed by atoms with van der Waals surface area (Å²) in [6.07, 6.45) is -4.91. The number of alkyl halides is 3. The highest BCUT2D eigenvalue weighted by molar-refractivity contribution is 8.16. The van der Waals surface area contributed by atoms with E-state index in [2.05, 4.69) is 4.99 Å². The van der Waals surface area contributed by atoms with Crippen molar-refractivity contribution in [2.45, 2.75) is 52.4 Å². The van der Waals surface area contributed by atoms with Crippen LogP contribution in [0.5, 0.6) is 0 Å². The van der Waals surface area contributed by atoms with E-state index in [1.807, 2.05) is 0 Å². The molecule has 204 valence electrons. The van der Waals surface area contributed by atoms with Crippen LogP contribution < -0.4 is 0 Å². The summed E-state index contributed by atoms with van der Waals surface area (Å²) in [5, 5.41) is 2.31. The third kappa shape index (κ3) is 5.74. The second kappa shape index (κ2) is 10.8. The standard InChI is InChI=1S/C26H29F3N4O4S/c1-15(2)37-24(36)22-16(3)30-25-33(23(22)18-5-7-19(8-6-18)26(27,28)29)20(14-38-25)13-21(35)32-11-9-31(10-12-32)17(4)34/h5-8,14-15,23H,9-13H2,1-4H3/t23-/m0/s1.